The SMILES string of the molecule is Cc1c(CN[C@@H](C)C(C)C)cnn1C. The Balaban J connectivity index is 2.50. The molecule has 0 saturated carbocycles. The predicted octanol–water partition coefficient (Wildman–Crippen LogP) is 1.86. The van der Waals surface area contributed by atoms with Gasteiger partial charge in [0.05, 0.1) is 6.20 Å². The third kappa shape index (κ3) is 2.58. The molecule has 0 saturated heterocycles. The average Bonchev–Trinajstić information content (AvgIpc) is 2.44. The van der Waals surface area contributed by atoms with E-state index in [9.17, 15) is 0 Å². The summed E-state index contributed by atoms with van der Waals surface area (Å²) in [7, 11) is 1.98. The molecule has 1 heterocycles. The molecule has 0 aromatic carbocycles. The lowest BCUT2D eigenvalue weighted by Crippen LogP contribution is -2.30. The maximum absolute atomic E-state index is 4.22. The lowest BCUT2D eigenvalue weighted by molar-refractivity contribution is 0.425. The Morgan fingerprint density at radius 3 is 2.50 bits per heavy atom. The summed E-state index contributed by atoms with van der Waals surface area (Å²) in [6.07, 6.45) is 1.94. The fraction of sp³-hybridized carbons (Fsp3) is 0.727. The Bertz CT molecular complexity index is 289. The van der Waals surface area contributed by atoms with Crippen LogP contribution in [0.25, 0.3) is 0 Å². The van der Waals surface area contributed by atoms with Crippen LogP contribution in [0.2, 0.25) is 0 Å². The van der Waals surface area contributed by atoms with Crippen LogP contribution in [0.15, 0.2) is 6.20 Å². The van der Waals surface area contributed by atoms with Crippen molar-refractivity contribution in [1.82, 2.24) is 15.1 Å². The third-order valence-electron chi connectivity index (χ3n) is 2.95. The van der Waals surface area contributed by atoms with Gasteiger partial charge < -0.3 is 5.32 Å². The number of aromatic nitrogens is 2. The van der Waals surface area contributed by atoms with Crippen LogP contribution in [0.4, 0.5) is 0 Å². The van der Waals surface area contributed by atoms with Crippen LogP contribution in [0, 0.1) is 12.8 Å². The highest BCUT2D eigenvalue weighted by Gasteiger charge is 2.08. The first-order chi connectivity index (χ1) is 6.52. The van der Waals surface area contributed by atoms with E-state index in [0.29, 0.717) is 12.0 Å². The highest BCUT2D eigenvalue weighted by atomic mass is 15.3. The summed E-state index contributed by atoms with van der Waals surface area (Å²) in [4.78, 5) is 0. The molecule has 0 spiro atoms. The molecule has 0 fully saturated rings. The van der Waals surface area contributed by atoms with Crippen LogP contribution in [-0.2, 0) is 13.6 Å². The number of aryl methyl sites for hydroxylation is 1. The van der Waals surface area contributed by atoms with Gasteiger partial charge in [0, 0.05) is 30.9 Å². The normalized spacial score (nSPS) is 13.6. The van der Waals surface area contributed by atoms with Gasteiger partial charge in [-0.25, -0.2) is 0 Å². The summed E-state index contributed by atoms with van der Waals surface area (Å²) in [6.45, 7) is 9.70. The Morgan fingerprint density at radius 2 is 2.07 bits per heavy atom. The highest BCUT2D eigenvalue weighted by Crippen LogP contribution is 2.07. The third-order valence-corrected chi connectivity index (χ3v) is 2.95. The van der Waals surface area contributed by atoms with Gasteiger partial charge in [-0.05, 0) is 19.8 Å². The average molecular weight is 195 g/mol. The summed E-state index contributed by atoms with van der Waals surface area (Å²) in [5.74, 6) is 0.673. The van der Waals surface area contributed by atoms with E-state index < -0.39 is 0 Å². The molecule has 1 rings (SSSR count). The second-order valence-corrected chi connectivity index (χ2v) is 4.29. The van der Waals surface area contributed by atoms with Crippen molar-refractivity contribution >= 4 is 0 Å². The van der Waals surface area contributed by atoms with Crippen LogP contribution in [0.1, 0.15) is 32.0 Å². The summed E-state index contributed by atoms with van der Waals surface area (Å²) in [5, 5.41) is 7.71. The van der Waals surface area contributed by atoms with E-state index in [0.717, 1.165) is 6.54 Å². The van der Waals surface area contributed by atoms with Gasteiger partial charge in [0.2, 0.25) is 0 Å². The maximum Gasteiger partial charge on any atom is 0.0537 e. The summed E-state index contributed by atoms with van der Waals surface area (Å²) in [5.41, 5.74) is 2.54. The van der Waals surface area contributed by atoms with Gasteiger partial charge in [-0.15, -0.1) is 0 Å². The minimum atomic E-state index is 0.551. The molecular formula is C11H21N3. The molecule has 14 heavy (non-hydrogen) atoms. The minimum absolute atomic E-state index is 0.551. The second kappa shape index (κ2) is 4.60. The number of nitrogens with zero attached hydrogens (tertiary/aromatic N) is 2. The van der Waals surface area contributed by atoms with Crippen molar-refractivity contribution in [3.05, 3.63) is 17.5 Å². The number of rotatable bonds is 4. The monoisotopic (exact) mass is 195 g/mol. The van der Waals surface area contributed by atoms with Crippen molar-refractivity contribution in [2.45, 2.75) is 40.3 Å². The lowest BCUT2D eigenvalue weighted by Gasteiger charge is -2.17. The van der Waals surface area contributed by atoms with Crippen molar-refractivity contribution in [3.63, 3.8) is 0 Å². The van der Waals surface area contributed by atoms with E-state index in [1.54, 1.807) is 0 Å². The Kier molecular flexibility index (Phi) is 3.69. The van der Waals surface area contributed by atoms with Gasteiger partial charge in [0.1, 0.15) is 0 Å². The molecule has 0 bridgehead atoms. The maximum atomic E-state index is 4.22. The molecule has 0 amide bonds. The molecule has 0 unspecified atom stereocenters. The fourth-order valence-electron chi connectivity index (χ4n) is 1.22. The number of nitrogens with one attached hydrogen (secondary N) is 1. The van der Waals surface area contributed by atoms with Gasteiger partial charge >= 0.3 is 0 Å². The van der Waals surface area contributed by atoms with Crippen LogP contribution in [0.5, 0.6) is 0 Å². The molecule has 1 N–H and O–H groups in total. The van der Waals surface area contributed by atoms with Gasteiger partial charge in [0.25, 0.3) is 0 Å². The topological polar surface area (TPSA) is 29.9 Å². The van der Waals surface area contributed by atoms with Gasteiger partial charge in [-0.1, -0.05) is 13.8 Å². The lowest BCUT2D eigenvalue weighted by atomic mass is 10.1. The van der Waals surface area contributed by atoms with E-state index in [1.165, 1.54) is 11.3 Å². The largest absolute Gasteiger partial charge is 0.310 e. The smallest absolute Gasteiger partial charge is 0.0537 e. The molecular weight excluding hydrogens is 174 g/mol. The Labute approximate surface area is 86.5 Å². The Morgan fingerprint density at radius 1 is 1.43 bits per heavy atom. The van der Waals surface area contributed by atoms with E-state index >= 15 is 0 Å². The van der Waals surface area contributed by atoms with Crippen LogP contribution >= 0.6 is 0 Å². The van der Waals surface area contributed by atoms with Crippen LogP contribution in [0.3, 0.4) is 0 Å². The first kappa shape index (κ1) is 11.2. The molecule has 0 aliphatic heterocycles. The molecule has 1 atom stereocenters. The molecule has 0 aliphatic rings. The number of hydrogen-bond donors (Lipinski definition) is 1. The minimum Gasteiger partial charge on any atom is -0.310 e. The first-order valence-corrected chi connectivity index (χ1v) is 5.23. The van der Waals surface area contributed by atoms with Crippen molar-refractivity contribution < 1.29 is 0 Å². The van der Waals surface area contributed by atoms with Gasteiger partial charge in [-0.3, -0.25) is 4.68 Å². The summed E-state index contributed by atoms with van der Waals surface area (Å²) < 4.78 is 1.91. The molecule has 1 aromatic rings. The first-order valence-electron chi connectivity index (χ1n) is 5.23. The molecule has 80 valence electrons. The molecule has 0 radical (unpaired) electrons. The highest BCUT2D eigenvalue weighted by molar-refractivity contribution is 5.15. The summed E-state index contributed by atoms with van der Waals surface area (Å²) >= 11 is 0. The zero-order chi connectivity index (χ0) is 10.7. The van der Waals surface area contributed by atoms with E-state index in [4.69, 9.17) is 0 Å². The van der Waals surface area contributed by atoms with Crippen molar-refractivity contribution in [3.8, 4) is 0 Å². The van der Waals surface area contributed by atoms with E-state index in [-0.39, 0.29) is 0 Å². The zero-order valence-corrected chi connectivity index (χ0v) is 9.83. The standard InChI is InChI=1S/C11H21N3/c1-8(2)9(3)12-6-11-7-13-14(5)10(11)4/h7-9,12H,6H2,1-5H3/t9-/m0/s1. The summed E-state index contributed by atoms with van der Waals surface area (Å²) in [6, 6.07) is 0.551. The molecule has 1 aromatic heterocycles. The predicted molar refractivity (Wildman–Crippen MR) is 59.1 cm³/mol. The molecule has 3 heteroatoms. The van der Waals surface area contributed by atoms with E-state index in [1.807, 2.05) is 17.9 Å². The van der Waals surface area contributed by atoms with Crippen molar-refractivity contribution in [2.24, 2.45) is 13.0 Å². The number of hydrogen-bond acceptors (Lipinski definition) is 2. The fourth-order valence-corrected chi connectivity index (χ4v) is 1.22. The van der Waals surface area contributed by atoms with E-state index in [2.05, 4.69) is 38.1 Å². The second-order valence-electron chi connectivity index (χ2n) is 4.29. The Hall–Kier alpha value is -0.830. The quantitative estimate of drug-likeness (QED) is 0.794. The van der Waals surface area contributed by atoms with Crippen molar-refractivity contribution in [2.75, 3.05) is 0 Å². The molecule has 3 nitrogen and oxygen atoms in total. The van der Waals surface area contributed by atoms with Crippen molar-refractivity contribution in [1.29, 1.82) is 0 Å². The van der Waals surface area contributed by atoms with Gasteiger partial charge in [-0.2, -0.15) is 5.10 Å². The van der Waals surface area contributed by atoms with Crippen LogP contribution < -0.4 is 5.32 Å². The van der Waals surface area contributed by atoms with Crippen LogP contribution in [-0.4, -0.2) is 15.8 Å². The molecule has 0 aliphatic carbocycles. The van der Waals surface area contributed by atoms with Gasteiger partial charge in [0.15, 0.2) is 0 Å². The zero-order valence-electron chi connectivity index (χ0n) is 9.83.